The van der Waals surface area contributed by atoms with E-state index in [1.165, 1.54) is 11.3 Å². The van der Waals surface area contributed by atoms with E-state index in [1.54, 1.807) is 24.4 Å². The summed E-state index contributed by atoms with van der Waals surface area (Å²) >= 11 is 1.19. The molecular formula is C9H11NO2S2. The third kappa shape index (κ3) is 2.84. The molecule has 0 spiro atoms. The van der Waals surface area contributed by atoms with Gasteiger partial charge in [0.05, 0.1) is 0 Å². The number of hydrogen-bond acceptors (Lipinski definition) is 3. The van der Waals surface area contributed by atoms with Gasteiger partial charge >= 0.3 is 0 Å². The second kappa shape index (κ2) is 4.60. The predicted octanol–water partition coefficient (Wildman–Crippen LogP) is 1.44. The standard InChI is InChI=1S/C9H11NO2S2/c1-3-5-8(2)10-14(11,12)9-6-4-7-13-9/h1,4,6-8,10H,5H2,2H3. The van der Waals surface area contributed by atoms with E-state index in [1.807, 2.05) is 0 Å². The fourth-order valence-electron chi connectivity index (χ4n) is 0.958. The maximum atomic E-state index is 11.6. The Kier molecular flexibility index (Phi) is 3.69. The van der Waals surface area contributed by atoms with Crippen LogP contribution < -0.4 is 4.72 Å². The Morgan fingerprint density at radius 2 is 2.43 bits per heavy atom. The zero-order valence-corrected chi connectivity index (χ0v) is 9.36. The molecule has 1 atom stereocenters. The molecule has 0 bridgehead atoms. The van der Waals surface area contributed by atoms with Crippen molar-refractivity contribution in [2.24, 2.45) is 0 Å². The lowest BCUT2D eigenvalue weighted by molar-refractivity contribution is 0.565. The van der Waals surface area contributed by atoms with Crippen molar-refractivity contribution in [3.63, 3.8) is 0 Å². The summed E-state index contributed by atoms with van der Waals surface area (Å²) in [5.41, 5.74) is 0. The van der Waals surface area contributed by atoms with Gasteiger partial charge in [0, 0.05) is 12.5 Å². The molecule has 5 heteroatoms. The maximum Gasteiger partial charge on any atom is 0.250 e. The first-order valence-corrected chi connectivity index (χ1v) is 6.42. The highest BCUT2D eigenvalue weighted by Gasteiger charge is 2.17. The van der Waals surface area contributed by atoms with Gasteiger partial charge in [-0.25, -0.2) is 13.1 Å². The first kappa shape index (κ1) is 11.2. The summed E-state index contributed by atoms with van der Waals surface area (Å²) in [5, 5.41) is 1.72. The molecule has 3 nitrogen and oxygen atoms in total. The molecule has 1 aromatic rings. The molecule has 0 saturated carbocycles. The van der Waals surface area contributed by atoms with Gasteiger partial charge in [-0.2, -0.15) is 0 Å². The van der Waals surface area contributed by atoms with Crippen LogP contribution in [-0.2, 0) is 10.0 Å². The molecule has 0 aliphatic heterocycles. The molecule has 0 amide bonds. The topological polar surface area (TPSA) is 46.2 Å². The second-order valence-corrected chi connectivity index (χ2v) is 5.75. The van der Waals surface area contributed by atoms with Gasteiger partial charge in [-0.05, 0) is 18.4 Å². The Hall–Kier alpha value is -0.830. The largest absolute Gasteiger partial charge is 0.250 e. The lowest BCUT2D eigenvalue weighted by Crippen LogP contribution is -2.31. The lowest BCUT2D eigenvalue weighted by atomic mass is 10.3. The van der Waals surface area contributed by atoms with Crippen molar-refractivity contribution in [1.29, 1.82) is 0 Å². The molecule has 0 saturated heterocycles. The molecule has 1 unspecified atom stereocenters. The van der Waals surface area contributed by atoms with Gasteiger partial charge < -0.3 is 0 Å². The van der Waals surface area contributed by atoms with Crippen molar-refractivity contribution in [2.75, 3.05) is 0 Å². The van der Waals surface area contributed by atoms with Crippen LogP contribution >= 0.6 is 11.3 Å². The van der Waals surface area contributed by atoms with E-state index in [9.17, 15) is 8.42 Å². The fraction of sp³-hybridized carbons (Fsp3) is 0.333. The SMILES string of the molecule is C#CCC(C)NS(=O)(=O)c1cccs1. The minimum Gasteiger partial charge on any atom is -0.207 e. The van der Waals surface area contributed by atoms with Crippen molar-refractivity contribution in [3.8, 4) is 12.3 Å². The molecule has 0 aliphatic carbocycles. The van der Waals surface area contributed by atoms with Crippen LogP contribution in [-0.4, -0.2) is 14.5 Å². The zero-order valence-electron chi connectivity index (χ0n) is 7.73. The van der Waals surface area contributed by atoms with Crippen LogP contribution in [0, 0.1) is 12.3 Å². The Bertz CT molecular complexity index is 414. The van der Waals surface area contributed by atoms with Crippen molar-refractivity contribution >= 4 is 21.4 Å². The Morgan fingerprint density at radius 1 is 1.71 bits per heavy atom. The third-order valence-corrected chi connectivity index (χ3v) is 4.53. The van der Waals surface area contributed by atoms with Crippen LogP contribution in [0.5, 0.6) is 0 Å². The number of hydrogen-bond donors (Lipinski definition) is 1. The van der Waals surface area contributed by atoms with Crippen molar-refractivity contribution in [3.05, 3.63) is 17.5 Å². The lowest BCUT2D eigenvalue weighted by Gasteiger charge is -2.09. The first-order valence-electron chi connectivity index (χ1n) is 4.05. The average molecular weight is 229 g/mol. The van der Waals surface area contributed by atoms with Crippen LogP contribution in [0.3, 0.4) is 0 Å². The highest BCUT2D eigenvalue weighted by atomic mass is 32.2. The van der Waals surface area contributed by atoms with Crippen LogP contribution in [0.4, 0.5) is 0 Å². The molecular weight excluding hydrogens is 218 g/mol. The number of terminal acetylenes is 1. The van der Waals surface area contributed by atoms with E-state index < -0.39 is 10.0 Å². The minimum atomic E-state index is -3.37. The van der Waals surface area contributed by atoms with E-state index >= 15 is 0 Å². The number of rotatable bonds is 4. The summed E-state index contributed by atoms with van der Waals surface area (Å²) in [6.45, 7) is 1.74. The number of thiophene rings is 1. The van der Waals surface area contributed by atoms with E-state index in [-0.39, 0.29) is 6.04 Å². The van der Waals surface area contributed by atoms with E-state index in [2.05, 4.69) is 10.6 Å². The average Bonchev–Trinajstić information content (AvgIpc) is 2.54. The van der Waals surface area contributed by atoms with Gasteiger partial charge in [0.2, 0.25) is 10.0 Å². The summed E-state index contributed by atoms with van der Waals surface area (Å²) in [6, 6.07) is 3.04. The summed E-state index contributed by atoms with van der Waals surface area (Å²) in [6.07, 6.45) is 5.48. The Balaban J connectivity index is 2.74. The molecule has 1 aromatic heterocycles. The molecule has 1 rings (SSSR count). The molecule has 0 radical (unpaired) electrons. The van der Waals surface area contributed by atoms with Gasteiger partial charge in [0.25, 0.3) is 0 Å². The Labute approximate surface area is 88.2 Å². The van der Waals surface area contributed by atoms with Crippen molar-refractivity contribution in [1.82, 2.24) is 4.72 Å². The van der Waals surface area contributed by atoms with Gasteiger partial charge in [-0.15, -0.1) is 23.7 Å². The van der Waals surface area contributed by atoms with Crippen LogP contribution in [0.15, 0.2) is 21.7 Å². The van der Waals surface area contributed by atoms with E-state index in [4.69, 9.17) is 6.42 Å². The first-order chi connectivity index (χ1) is 6.56. The molecule has 0 fully saturated rings. The van der Waals surface area contributed by atoms with Gasteiger partial charge in [-0.1, -0.05) is 6.07 Å². The quantitative estimate of drug-likeness (QED) is 0.794. The van der Waals surface area contributed by atoms with E-state index in [0.717, 1.165) is 0 Å². The molecule has 1 heterocycles. The minimum absolute atomic E-state index is 0.230. The summed E-state index contributed by atoms with van der Waals surface area (Å²) in [5.74, 6) is 2.41. The molecule has 1 N–H and O–H groups in total. The number of nitrogens with one attached hydrogen (secondary N) is 1. The predicted molar refractivity (Wildman–Crippen MR) is 57.6 cm³/mol. The van der Waals surface area contributed by atoms with Crippen LogP contribution in [0.2, 0.25) is 0 Å². The van der Waals surface area contributed by atoms with Crippen LogP contribution in [0.25, 0.3) is 0 Å². The van der Waals surface area contributed by atoms with E-state index in [0.29, 0.717) is 10.6 Å². The van der Waals surface area contributed by atoms with Gasteiger partial charge in [0.1, 0.15) is 4.21 Å². The molecule has 0 aliphatic rings. The number of sulfonamides is 1. The van der Waals surface area contributed by atoms with Crippen LogP contribution in [0.1, 0.15) is 13.3 Å². The monoisotopic (exact) mass is 229 g/mol. The van der Waals surface area contributed by atoms with Gasteiger partial charge in [0.15, 0.2) is 0 Å². The third-order valence-electron chi connectivity index (χ3n) is 1.54. The summed E-state index contributed by atoms with van der Waals surface area (Å²) in [7, 11) is -3.37. The molecule has 0 aromatic carbocycles. The maximum absolute atomic E-state index is 11.6. The highest BCUT2D eigenvalue weighted by molar-refractivity contribution is 7.91. The summed E-state index contributed by atoms with van der Waals surface area (Å²) in [4.78, 5) is 0. The smallest absolute Gasteiger partial charge is 0.207 e. The van der Waals surface area contributed by atoms with Crippen molar-refractivity contribution < 1.29 is 8.42 Å². The zero-order chi connectivity index (χ0) is 10.6. The summed E-state index contributed by atoms with van der Waals surface area (Å²) < 4.78 is 26.0. The highest BCUT2D eigenvalue weighted by Crippen LogP contribution is 2.15. The normalized spacial score (nSPS) is 13.4. The second-order valence-electron chi connectivity index (χ2n) is 2.86. The van der Waals surface area contributed by atoms with Gasteiger partial charge in [-0.3, -0.25) is 0 Å². The molecule has 14 heavy (non-hydrogen) atoms. The Morgan fingerprint density at radius 3 is 2.93 bits per heavy atom. The van der Waals surface area contributed by atoms with Crippen molar-refractivity contribution in [2.45, 2.75) is 23.6 Å². The molecule has 76 valence electrons. The fourth-order valence-corrected chi connectivity index (χ4v) is 3.21.